The van der Waals surface area contributed by atoms with E-state index in [1.165, 1.54) is 49.4 Å². The summed E-state index contributed by atoms with van der Waals surface area (Å²) >= 11 is 0. The number of aromatic nitrogens is 2. The van der Waals surface area contributed by atoms with Crippen LogP contribution < -0.4 is 10.4 Å². The van der Waals surface area contributed by atoms with Gasteiger partial charge in [-0.25, -0.2) is 4.98 Å². The van der Waals surface area contributed by atoms with Gasteiger partial charge in [0.15, 0.2) is 0 Å². The molecule has 2 aliphatic carbocycles. The van der Waals surface area contributed by atoms with E-state index in [-0.39, 0.29) is 5.92 Å². The first-order chi connectivity index (χ1) is 23.7. The maximum Gasteiger partial charge on any atom is 0.145 e. The van der Waals surface area contributed by atoms with Crippen LogP contribution in [-0.2, 0) is 0 Å². The minimum atomic E-state index is 0.236. The van der Waals surface area contributed by atoms with E-state index in [4.69, 9.17) is 4.98 Å². The molecule has 2 aliphatic rings. The Labute approximate surface area is 281 Å². The quantitative estimate of drug-likeness (QED) is 0.189. The molecule has 0 bridgehead atoms. The van der Waals surface area contributed by atoms with Gasteiger partial charge in [-0.15, -0.1) is 0 Å². The predicted molar refractivity (Wildman–Crippen MR) is 199 cm³/mol. The second-order valence-electron chi connectivity index (χ2n) is 12.8. The van der Waals surface area contributed by atoms with Crippen LogP contribution in [0, 0.1) is 11.8 Å². The number of imidazole rings is 1. The molecule has 2 atom stereocenters. The first kappa shape index (κ1) is 28.3. The highest BCUT2D eigenvalue weighted by molar-refractivity contribution is 5.90. The summed E-state index contributed by atoms with van der Waals surface area (Å²) in [6.45, 7) is 2.36. The van der Waals surface area contributed by atoms with E-state index < -0.39 is 0 Å². The van der Waals surface area contributed by atoms with Crippen molar-refractivity contribution in [2.75, 3.05) is 0 Å². The zero-order chi connectivity index (χ0) is 32.0. The highest BCUT2D eigenvalue weighted by atomic mass is 15.1. The van der Waals surface area contributed by atoms with Crippen molar-refractivity contribution in [3.05, 3.63) is 203 Å². The van der Waals surface area contributed by atoms with E-state index in [0.717, 1.165) is 28.1 Å². The van der Waals surface area contributed by atoms with Crippen molar-refractivity contribution in [3.63, 3.8) is 0 Å². The average molecular weight is 615 g/mol. The molecule has 0 amide bonds. The normalized spacial score (nSPS) is 16.8. The van der Waals surface area contributed by atoms with Gasteiger partial charge in [0.2, 0.25) is 0 Å². The third kappa shape index (κ3) is 4.68. The largest absolute Gasteiger partial charge is 0.292 e. The van der Waals surface area contributed by atoms with Crippen molar-refractivity contribution in [3.8, 4) is 28.2 Å². The van der Waals surface area contributed by atoms with Gasteiger partial charge in [0.1, 0.15) is 5.82 Å². The minimum Gasteiger partial charge on any atom is -0.292 e. The monoisotopic (exact) mass is 614 g/mol. The SMILES string of the molecule is CC1C=CC=C2C(c3ccccc3)=c3cc(-c4nc5ccccc5n4-c4ccccc4)ccc3=C(c3ccc(-c4ccccc4)cc3)C21. The van der Waals surface area contributed by atoms with Gasteiger partial charge >= 0.3 is 0 Å². The van der Waals surface area contributed by atoms with Gasteiger partial charge in [0.05, 0.1) is 11.0 Å². The number of fused-ring (bicyclic) bond motifs is 3. The number of allylic oxidation sites excluding steroid dienone is 4. The molecule has 48 heavy (non-hydrogen) atoms. The van der Waals surface area contributed by atoms with Crippen LogP contribution in [-0.4, -0.2) is 9.55 Å². The van der Waals surface area contributed by atoms with Crippen LogP contribution in [0.2, 0.25) is 0 Å². The third-order valence-electron chi connectivity index (χ3n) is 9.93. The molecule has 0 saturated carbocycles. The fraction of sp³-hybridized carbons (Fsp3) is 0.0652. The van der Waals surface area contributed by atoms with Crippen LogP contribution in [0.15, 0.2) is 182 Å². The lowest BCUT2D eigenvalue weighted by atomic mass is 9.68. The van der Waals surface area contributed by atoms with Gasteiger partial charge in [-0.3, -0.25) is 4.57 Å². The number of rotatable bonds is 5. The van der Waals surface area contributed by atoms with E-state index in [9.17, 15) is 0 Å². The molecule has 9 rings (SSSR count). The molecule has 1 aromatic heterocycles. The lowest BCUT2D eigenvalue weighted by Crippen LogP contribution is -2.39. The van der Waals surface area contributed by atoms with E-state index in [1.54, 1.807) is 0 Å². The smallest absolute Gasteiger partial charge is 0.145 e. The molecule has 0 N–H and O–H groups in total. The summed E-state index contributed by atoms with van der Waals surface area (Å²) in [5, 5.41) is 2.54. The zero-order valence-corrected chi connectivity index (χ0v) is 26.8. The van der Waals surface area contributed by atoms with Gasteiger partial charge in [0.25, 0.3) is 0 Å². The number of para-hydroxylation sites is 3. The van der Waals surface area contributed by atoms with Crippen LogP contribution in [0.5, 0.6) is 0 Å². The van der Waals surface area contributed by atoms with E-state index in [1.807, 2.05) is 0 Å². The summed E-state index contributed by atoms with van der Waals surface area (Å²) in [4.78, 5) is 5.24. The molecule has 0 fully saturated rings. The standard InChI is InChI=1S/C46H34N2/c1-31-14-13-21-39-43(31)45(35-26-24-33(25-27-35)32-15-5-2-6-16-32)38-29-28-36(30-40(38)44(39)34-17-7-3-8-18-34)46-47-41-22-11-12-23-42(41)48(46)37-19-9-4-10-20-37/h2-31,43H,1H3. The van der Waals surface area contributed by atoms with Crippen molar-refractivity contribution in [1.29, 1.82) is 0 Å². The van der Waals surface area contributed by atoms with Gasteiger partial charge in [0, 0.05) is 17.2 Å². The number of nitrogens with zero attached hydrogens (tertiary/aromatic N) is 2. The Morgan fingerprint density at radius 3 is 1.90 bits per heavy atom. The van der Waals surface area contributed by atoms with Crippen LogP contribution in [0.4, 0.5) is 0 Å². The highest BCUT2D eigenvalue weighted by Crippen LogP contribution is 2.43. The van der Waals surface area contributed by atoms with Gasteiger partial charge in [-0.2, -0.15) is 0 Å². The number of hydrogen-bond acceptors (Lipinski definition) is 1. The van der Waals surface area contributed by atoms with Crippen LogP contribution >= 0.6 is 0 Å². The fourth-order valence-electron chi connectivity index (χ4n) is 7.73. The molecule has 2 heteroatoms. The Balaban J connectivity index is 1.35. The second kappa shape index (κ2) is 11.7. The Morgan fingerprint density at radius 2 is 1.15 bits per heavy atom. The Bertz CT molecular complexity index is 2480. The predicted octanol–water partition coefficient (Wildman–Crippen LogP) is 9.52. The topological polar surface area (TPSA) is 17.8 Å². The molecule has 0 radical (unpaired) electrons. The molecular weight excluding hydrogens is 581 g/mol. The van der Waals surface area contributed by atoms with Crippen LogP contribution in [0.3, 0.4) is 0 Å². The van der Waals surface area contributed by atoms with Crippen molar-refractivity contribution in [2.45, 2.75) is 6.92 Å². The highest BCUT2D eigenvalue weighted by Gasteiger charge is 2.33. The fourth-order valence-corrected chi connectivity index (χ4v) is 7.73. The van der Waals surface area contributed by atoms with Crippen LogP contribution in [0.1, 0.15) is 18.1 Å². The summed E-state index contributed by atoms with van der Waals surface area (Å²) < 4.78 is 2.29. The molecule has 2 unspecified atom stereocenters. The molecule has 0 aliphatic heterocycles. The maximum absolute atomic E-state index is 5.24. The van der Waals surface area contributed by atoms with Crippen molar-refractivity contribution >= 4 is 22.2 Å². The van der Waals surface area contributed by atoms with Gasteiger partial charge in [-0.05, 0) is 85.7 Å². The third-order valence-corrected chi connectivity index (χ3v) is 9.93. The van der Waals surface area contributed by atoms with Crippen LogP contribution in [0.25, 0.3) is 50.4 Å². The molecule has 228 valence electrons. The first-order valence-electron chi connectivity index (χ1n) is 16.8. The molecular formula is C46H34N2. The second-order valence-corrected chi connectivity index (χ2v) is 12.8. The molecule has 7 aromatic rings. The van der Waals surface area contributed by atoms with Crippen molar-refractivity contribution < 1.29 is 0 Å². The lowest BCUT2D eigenvalue weighted by Gasteiger charge is -2.35. The molecule has 0 spiro atoms. The Hall–Kier alpha value is -5.99. The summed E-state index contributed by atoms with van der Waals surface area (Å²) in [5.74, 6) is 1.53. The van der Waals surface area contributed by atoms with E-state index in [2.05, 4.69) is 187 Å². The Kier molecular flexibility index (Phi) is 6.87. The lowest BCUT2D eigenvalue weighted by molar-refractivity contribution is 0.597. The summed E-state index contributed by atoms with van der Waals surface area (Å²) in [6, 6.07) is 56.8. The molecule has 0 saturated heterocycles. The van der Waals surface area contributed by atoms with E-state index in [0.29, 0.717) is 5.92 Å². The summed E-state index contributed by atoms with van der Waals surface area (Å²) in [5.41, 5.74) is 13.3. The number of hydrogen-bond donors (Lipinski definition) is 0. The maximum atomic E-state index is 5.24. The molecule has 6 aromatic carbocycles. The van der Waals surface area contributed by atoms with Crippen molar-refractivity contribution in [2.24, 2.45) is 11.8 Å². The zero-order valence-electron chi connectivity index (χ0n) is 26.8. The summed E-state index contributed by atoms with van der Waals surface area (Å²) in [7, 11) is 0. The molecule has 1 heterocycles. The summed E-state index contributed by atoms with van der Waals surface area (Å²) in [6.07, 6.45) is 6.95. The van der Waals surface area contributed by atoms with Gasteiger partial charge in [-0.1, -0.05) is 153 Å². The average Bonchev–Trinajstić information content (AvgIpc) is 3.55. The molecule has 2 nitrogen and oxygen atoms in total. The first-order valence-corrected chi connectivity index (χ1v) is 16.8. The Morgan fingerprint density at radius 1 is 0.542 bits per heavy atom. The van der Waals surface area contributed by atoms with Gasteiger partial charge < -0.3 is 0 Å². The van der Waals surface area contributed by atoms with E-state index >= 15 is 0 Å². The van der Waals surface area contributed by atoms with Crippen molar-refractivity contribution in [1.82, 2.24) is 9.55 Å². The number of benzene rings is 6. The minimum absolute atomic E-state index is 0.236.